The van der Waals surface area contributed by atoms with Crippen LogP contribution < -0.4 is 10.6 Å². The van der Waals surface area contributed by atoms with Crippen molar-refractivity contribution in [2.45, 2.75) is 33.4 Å². The lowest BCUT2D eigenvalue weighted by Crippen LogP contribution is -2.36. The first kappa shape index (κ1) is 15.0. The molecule has 0 saturated heterocycles. The summed E-state index contributed by atoms with van der Waals surface area (Å²) in [6.07, 6.45) is 6.95. The molecule has 1 amide bonds. The summed E-state index contributed by atoms with van der Waals surface area (Å²) in [6.45, 7) is 7.31. The fourth-order valence-corrected chi connectivity index (χ4v) is 2.14. The lowest BCUT2D eigenvalue weighted by Gasteiger charge is -2.16. The maximum atomic E-state index is 12.4. The van der Waals surface area contributed by atoms with Gasteiger partial charge in [0.25, 0.3) is 5.91 Å². The van der Waals surface area contributed by atoms with Crippen LogP contribution in [0.5, 0.6) is 0 Å². The summed E-state index contributed by atoms with van der Waals surface area (Å²) >= 11 is 0. The predicted molar refractivity (Wildman–Crippen MR) is 82.3 cm³/mol. The van der Waals surface area contributed by atoms with Gasteiger partial charge in [-0.15, -0.1) is 0 Å². The number of imidazole rings is 1. The van der Waals surface area contributed by atoms with E-state index in [4.69, 9.17) is 0 Å². The van der Waals surface area contributed by atoms with E-state index in [9.17, 15) is 4.79 Å². The number of hydrogen-bond donors (Lipinski definition) is 2. The highest BCUT2D eigenvalue weighted by Gasteiger charge is 2.14. The highest BCUT2D eigenvalue weighted by Crippen LogP contribution is 2.15. The Balaban J connectivity index is 2.05. The molecule has 1 atom stereocenters. The summed E-state index contributed by atoms with van der Waals surface area (Å²) in [7, 11) is 0. The third-order valence-corrected chi connectivity index (χ3v) is 3.07. The van der Waals surface area contributed by atoms with Crippen LogP contribution in [0, 0.1) is 6.92 Å². The van der Waals surface area contributed by atoms with Crippen LogP contribution in [-0.2, 0) is 6.54 Å². The monoisotopic (exact) mass is 287 g/mol. The van der Waals surface area contributed by atoms with Crippen LogP contribution in [0.2, 0.25) is 0 Å². The molecule has 0 fully saturated rings. The summed E-state index contributed by atoms with van der Waals surface area (Å²) in [5.74, 6) is -0.119. The summed E-state index contributed by atoms with van der Waals surface area (Å²) in [5, 5.41) is 6.19. The first-order valence-corrected chi connectivity index (χ1v) is 7.07. The molecule has 0 aliphatic rings. The number of aryl methyl sites for hydroxylation is 1. The molecule has 0 spiro atoms. The van der Waals surface area contributed by atoms with E-state index in [1.54, 1.807) is 18.7 Å². The smallest absolute Gasteiger partial charge is 0.255 e. The molecular weight excluding hydrogens is 266 g/mol. The molecule has 6 nitrogen and oxygen atoms in total. The minimum absolute atomic E-state index is 0.00230. The lowest BCUT2D eigenvalue weighted by molar-refractivity contribution is 0.0937. The molecule has 21 heavy (non-hydrogen) atoms. The number of pyridine rings is 1. The first-order valence-electron chi connectivity index (χ1n) is 7.07. The van der Waals surface area contributed by atoms with Gasteiger partial charge in [0.15, 0.2) is 0 Å². The van der Waals surface area contributed by atoms with Crippen molar-refractivity contribution in [1.29, 1.82) is 0 Å². The summed E-state index contributed by atoms with van der Waals surface area (Å²) in [6, 6.07) is 1.89. The van der Waals surface area contributed by atoms with Gasteiger partial charge >= 0.3 is 0 Å². The molecule has 2 aromatic heterocycles. The molecule has 0 aliphatic carbocycles. The van der Waals surface area contributed by atoms with Gasteiger partial charge in [-0.05, 0) is 26.8 Å². The summed E-state index contributed by atoms with van der Waals surface area (Å²) < 4.78 is 1.93. The standard InChI is InChI=1S/C15H21N5O/c1-4-17-14-7-11(2)18-8-13(14)15(21)19-12(3)9-20-6-5-16-10-20/h5-8,10,12H,4,9H2,1-3H3,(H,17,18)(H,19,21). The van der Waals surface area contributed by atoms with E-state index in [1.165, 1.54) is 0 Å². The molecule has 0 aromatic carbocycles. The van der Waals surface area contributed by atoms with Crippen molar-refractivity contribution in [3.63, 3.8) is 0 Å². The Morgan fingerprint density at radius 1 is 1.48 bits per heavy atom. The topological polar surface area (TPSA) is 71.8 Å². The van der Waals surface area contributed by atoms with Gasteiger partial charge in [-0.3, -0.25) is 9.78 Å². The quantitative estimate of drug-likeness (QED) is 0.850. The van der Waals surface area contributed by atoms with Crippen LogP contribution in [0.3, 0.4) is 0 Å². The van der Waals surface area contributed by atoms with Gasteiger partial charge in [-0.1, -0.05) is 0 Å². The Morgan fingerprint density at radius 3 is 2.95 bits per heavy atom. The van der Waals surface area contributed by atoms with Crippen LogP contribution >= 0.6 is 0 Å². The van der Waals surface area contributed by atoms with Gasteiger partial charge in [-0.2, -0.15) is 0 Å². The van der Waals surface area contributed by atoms with Gasteiger partial charge in [0.1, 0.15) is 0 Å². The minimum atomic E-state index is -0.119. The number of carbonyl (C=O) groups excluding carboxylic acids is 1. The van der Waals surface area contributed by atoms with Gasteiger partial charge in [0.05, 0.1) is 17.6 Å². The average Bonchev–Trinajstić information content (AvgIpc) is 2.91. The number of nitrogens with zero attached hydrogens (tertiary/aromatic N) is 3. The van der Waals surface area contributed by atoms with Crippen LogP contribution in [0.4, 0.5) is 5.69 Å². The van der Waals surface area contributed by atoms with Crippen molar-refractivity contribution in [2.24, 2.45) is 0 Å². The molecule has 0 bridgehead atoms. The Bertz CT molecular complexity index is 594. The summed E-state index contributed by atoms with van der Waals surface area (Å²) in [4.78, 5) is 20.6. The predicted octanol–water partition coefficient (Wildman–Crippen LogP) is 1.84. The number of rotatable bonds is 6. The number of aromatic nitrogens is 3. The molecule has 0 aliphatic heterocycles. The Labute approximate surface area is 124 Å². The van der Waals surface area contributed by atoms with Crippen molar-refractivity contribution in [1.82, 2.24) is 19.9 Å². The third-order valence-electron chi connectivity index (χ3n) is 3.07. The van der Waals surface area contributed by atoms with Gasteiger partial charge < -0.3 is 15.2 Å². The van der Waals surface area contributed by atoms with Crippen molar-refractivity contribution in [3.05, 3.63) is 42.2 Å². The molecule has 2 rings (SSSR count). The number of hydrogen-bond acceptors (Lipinski definition) is 4. The fraction of sp³-hybridized carbons (Fsp3) is 0.400. The minimum Gasteiger partial charge on any atom is -0.385 e. The molecule has 1 unspecified atom stereocenters. The number of nitrogens with one attached hydrogen (secondary N) is 2. The van der Waals surface area contributed by atoms with Gasteiger partial charge in [0, 0.05) is 43.4 Å². The molecule has 2 aromatic rings. The van der Waals surface area contributed by atoms with E-state index in [-0.39, 0.29) is 11.9 Å². The van der Waals surface area contributed by atoms with Crippen molar-refractivity contribution >= 4 is 11.6 Å². The van der Waals surface area contributed by atoms with Crippen molar-refractivity contribution in [2.75, 3.05) is 11.9 Å². The molecule has 0 radical (unpaired) electrons. The SMILES string of the molecule is CCNc1cc(C)ncc1C(=O)NC(C)Cn1ccnc1. The highest BCUT2D eigenvalue weighted by molar-refractivity contribution is 5.99. The molecule has 0 saturated carbocycles. The molecule has 112 valence electrons. The number of amides is 1. The van der Waals surface area contributed by atoms with Crippen molar-refractivity contribution < 1.29 is 4.79 Å². The van der Waals surface area contributed by atoms with Crippen LogP contribution in [0.25, 0.3) is 0 Å². The molecule has 2 heterocycles. The lowest BCUT2D eigenvalue weighted by atomic mass is 10.2. The Kier molecular flexibility index (Phi) is 4.92. The van der Waals surface area contributed by atoms with E-state index in [1.807, 2.05) is 37.6 Å². The van der Waals surface area contributed by atoms with E-state index in [0.717, 1.165) is 17.9 Å². The zero-order valence-corrected chi connectivity index (χ0v) is 12.6. The second kappa shape index (κ2) is 6.88. The van der Waals surface area contributed by atoms with Crippen LogP contribution in [0.1, 0.15) is 29.9 Å². The van der Waals surface area contributed by atoms with E-state index in [2.05, 4.69) is 20.6 Å². The number of anilines is 1. The third kappa shape index (κ3) is 4.05. The van der Waals surface area contributed by atoms with Crippen LogP contribution in [-0.4, -0.2) is 33.0 Å². The average molecular weight is 287 g/mol. The zero-order chi connectivity index (χ0) is 15.2. The zero-order valence-electron chi connectivity index (χ0n) is 12.6. The Morgan fingerprint density at radius 2 is 2.29 bits per heavy atom. The van der Waals surface area contributed by atoms with E-state index < -0.39 is 0 Å². The van der Waals surface area contributed by atoms with Crippen molar-refractivity contribution in [3.8, 4) is 0 Å². The highest BCUT2D eigenvalue weighted by atomic mass is 16.1. The maximum absolute atomic E-state index is 12.4. The van der Waals surface area contributed by atoms with Gasteiger partial charge in [0.2, 0.25) is 0 Å². The summed E-state index contributed by atoms with van der Waals surface area (Å²) in [5.41, 5.74) is 2.27. The molecule has 6 heteroatoms. The second-order valence-electron chi connectivity index (χ2n) is 5.04. The van der Waals surface area contributed by atoms with E-state index >= 15 is 0 Å². The first-order chi connectivity index (χ1) is 10.1. The molecular formula is C15H21N5O. The second-order valence-corrected chi connectivity index (χ2v) is 5.04. The van der Waals surface area contributed by atoms with E-state index in [0.29, 0.717) is 12.1 Å². The van der Waals surface area contributed by atoms with Gasteiger partial charge in [-0.25, -0.2) is 4.98 Å². The largest absolute Gasteiger partial charge is 0.385 e. The van der Waals surface area contributed by atoms with Crippen LogP contribution in [0.15, 0.2) is 31.0 Å². The number of carbonyl (C=O) groups is 1. The fourth-order valence-electron chi connectivity index (χ4n) is 2.14. The normalized spacial score (nSPS) is 12.0. The Hall–Kier alpha value is -2.37. The maximum Gasteiger partial charge on any atom is 0.255 e. The molecule has 2 N–H and O–H groups in total.